The maximum Gasteiger partial charge on any atom is 0.335 e. The minimum Gasteiger partial charge on any atom is -0.478 e. The van der Waals surface area contributed by atoms with Crippen molar-refractivity contribution in [3.05, 3.63) is 35.1 Å². The van der Waals surface area contributed by atoms with Crippen LogP contribution in [0.1, 0.15) is 28.8 Å². The van der Waals surface area contributed by atoms with Gasteiger partial charge in [0.05, 0.1) is 11.3 Å². The van der Waals surface area contributed by atoms with E-state index < -0.39 is 21.6 Å². The van der Waals surface area contributed by atoms with Gasteiger partial charge in [-0.2, -0.15) is 0 Å². The molecule has 2 N–H and O–H groups in total. The number of amides is 1. The Hall–Kier alpha value is -1.96. The third-order valence-corrected chi connectivity index (χ3v) is 3.73. The highest BCUT2D eigenvalue weighted by atomic mass is 32.2. The monoisotopic (exact) mass is 317 g/mol. The Morgan fingerprint density at radius 1 is 1.33 bits per heavy atom. The first-order chi connectivity index (χ1) is 9.69. The molecule has 0 aliphatic heterocycles. The van der Waals surface area contributed by atoms with E-state index >= 15 is 0 Å². The van der Waals surface area contributed by atoms with Crippen LogP contribution >= 0.6 is 0 Å². The highest BCUT2D eigenvalue weighted by Gasteiger charge is 2.10. The van der Waals surface area contributed by atoms with Crippen LogP contribution in [0.25, 0.3) is 0 Å². The lowest BCUT2D eigenvalue weighted by molar-refractivity contribution is -0.121. The third-order valence-electron chi connectivity index (χ3n) is 2.69. The number of benzene rings is 1. The first-order valence-electron chi connectivity index (χ1n) is 6.15. The first kappa shape index (κ1) is 17.1. The molecule has 0 fully saturated rings. The second-order valence-corrected chi connectivity index (χ2v) is 6.88. The van der Waals surface area contributed by atoms with Gasteiger partial charge in [0.15, 0.2) is 0 Å². The van der Waals surface area contributed by atoms with E-state index in [4.69, 9.17) is 5.11 Å². The molecule has 0 spiro atoms. The van der Waals surface area contributed by atoms with Crippen LogP contribution < -0.4 is 5.32 Å². The summed E-state index contributed by atoms with van der Waals surface area (Å²) in [4.78, 5) is 22.1. The van der Waals surface area contributed by atoms with E-state index in [0.29, 0.717) is 0 Å². The molecule has 0 atom stereocenters. The first-order valence-corrected chi connectivity index (χ1v) is 8.21. The number of carboxylic acid groups (broad SMARTS) is 1. The van der Waals surface area contributed by atoms with Crippen molar-refractivity contribution in [2.24, 2.45) is 0 Å². The van der Waals surface area contributed by atoms with Gasteiger partial charge >= 0.3 is 5.97 Å². The van der Waals surface area contributed by atoms with Gasteiger partial charge in [0.25, 0.3) is 0 Å². The zero-order valence-electron chi connectivity index (χ0n) is 11.4. The van der Waals surface area contributed by atoms with Crippen LogP contribution in [0.3, 0.4) is 0 Å². The second kappa shape index (κ2) is 7.16. The highest BCUT2D eigenvalue weighted by Crippen LogP contribution is 2.10. The molecule has 21 heavy (non-hydrogen) atoms. The molecular weight excluding hydrogens is 301 g/mol. The average Bonchev–Trinajstić information content (AvgIpc) is 2.35. The summed E-state index contributed by atoms with van der Waals surface area (Å²) in [5, 5.41) is 11.1. The van der Waals surface area contributed by atoms with Crippen LogP contribution in [0.2, 0.25) is 0 Å². The molecule has 0 aliphatic rings. The summed E-state index contributed by atoms with van der Waals surface area (Å²) in [5.41, 5.74) is -0.00723. The molecule has 8 heteroatoms. The molecule has 0 aromatic heterocycles. The summed E-state index contributed by atoms with van der Waals surface area (Å²) < 4.78 is 35.4. The topological polar surface area (TPSA) is 101 Å². The number of carbonyl (C=O) groups is 2. The number of sulfone groups is 1. The van der Waals surface area contributed by atoms with Crippen molar-refractivity contribution in [2.75, 3.05) is 12.0 Å². The van der Waals surface area contributed by atoms with Crippen LogP contribution in [-0.2, 0) is 21.2 Å². The van der Waals surface area contributed by atoms with Crippen molar-refractivity contribution < 1.29 is 27.5 Å². The summed E-state index contributed by atoms with van der Waals surface area (Å²) in [6, 6.07) is 3.42. The Bertz CT molecular complexity index is 642. The van der Waals surface area contributed by atoms with Crippen molar-refractivity contribution in [3.63, 3.8) is 0 Å². The maximum absolute atomic E-state index is 13.6. The average molecular weight is 317 g/mol. The molecule has 116 valence electrons. The number of rotatable bonds is 7. The number of hydrogen-bond donors (Lipinski definition) is 2. The Morgan fingerprint density at radius 3 is 2.52 bits per heavy atom. The smallest absolute Gasteiger partial charge is 0.335 e. The van der Waals surface area contributed by atoms with Gasteiger partial charge in [-0.3, -0.25) is 4.79 Å². The third kappa shape index (κ3) is 6.35. The van der Waals surface area contributed by atoms with Crippen molar-refractivity contribution in [1.29, 1.82) is 0 Å². The van der Waals surface area contributed by atoms with Gasteiger partial charge in [-0.15, -0.1) is 0 Å². The zero-order chi connectivity index (χ0) is 16.0. The van der Waals surface area contributed by atoms with Gasteiger partial charge in [-0.05, 0) is 18.6 Å². The Balaban J connectivity index is 2.48. The van der Waals surface area contributed by atoms with Gasteiger partial charge in [0.1, 0.15) is 15.7 Å². The zero-order valence-corrected chi connectivity index (χ0v) is 12.2. The van der Waals surface area contributed by atoms with E-state index in [0.717, 1.165) is 12.3 Å². The van der Waals surface area contributed by atoms with Gasteiger partial charge in [0.2, 0.25) is 5.91 Å². The lowest BCUT2D eigenvalue weighted by atomic mass is 10.1. The van der Waals surface area contributed by atoms with Crippen molar-refractivity contribution in [3.8, 4) is 0 Å². The standard InChI is InChI=1S/C13H16FNO5S/c1-21(19,20)6-2-3-12(16)15-8-10-5-4-9(13(17)18)7-11(10)14/h4-5,7H,2-3,6,8H2,1H3,(H,15,16)(H,17,18). The predicted molar refractivity (Wildman–Crippen MR) is 74.2 cm³/mol. The molecule has 0 bridgehead atoms. The van der Waals surface area contributed by atoms with E-state index in [2.05, 4.69) is 5.32 Å². The predicted octanol–water partition coefficient (Wildman–Crippen LogP) is 0.965. The molecule has 0 aliphatic carbocycles. The van der Waals surface area contributed by atoms with Gasteiger partial charge in [-0.1, -0.05) is 6.07 Å². The van der Waals surface area contributed by atoms with Crippen LogP contribution in [0.15, 0.2) is 18.2 Å². The number of nitrogens with one attached hydrogen (secondary N) is 1. The molecule has 6 nitrogen and oxygen atoms in total. The number of carboxylic acids is 1. The number of halogens is 1. The molecular formula is C13H16FNO5S. The molecule has 0 saturated carbocycles. The van der Waals surface area contributed by atoms with Gasteiger partial charge < -0.3 is 10.4 Å². The normalized spacial score (nSPS) is 11.1. The summed E-state index contributed by atoms with van der Waals surface area (Å²) in [7, 11) is -3.10. The fourth-order valence-corrected chi connectivity index (χ4v) is 2.27. The molecule has 1 aromatic carbocycles. The van der Waals surface area contributed by atoms with Crippen LogP contribution in [0.4, 0.5) is 4.39 Å². The molecule has 0 unspecified atom stereocenters. The van der Waals surface area contributed by atoms with Crippen molar-refractivity contribution >= 4 is 21.7 Å². The Morgan fingerprint density at radius 2 is 2.00 bits per heavy atom. The van der Waals surface area contributed by atoms with Crippen LogP contribution in [-0.4, -0.2) is 37.4 Å². The Kier molecular flexibility index (Phi) is 5.83. The second-order valence-electron chi connectivity index (χ2n) is 4.62. The van der Waals surface area contributed by atoms with Crippen molar-refractivity contribution in [2.45, 2.75) is 19.4 Å². The number of hydrogen-bond acceptors (Lipinski definition) is 4. The largest absolute Gasteiger partial charge is 0.478 e. The van der Waals surface area contributed by atoms with Crippen LogP contribution in [0.5, 0.6) is 0 Å². The summed E-state index contributed by atoms with van der Waals surface area (Å²) in [6.45, 7) is -0.0799. The lowest BCUT2D eigenvalue weighted by Gasteiger charge is -2.07. The molecule has 1 amide bonds. The SMILES string of the molecule is CS(=O)(=O)CCCC(=O)NCc1ccc(C(=O)O)cc1F. The van der Waals surface area contributed by atoms with Crippen molar-refractivity contribution in [1.82, 2.24) is 5.32 Å². The molecule has 1 aromatic rings. The van der Waals surface area contributed by atoms with Gasteiger partial charge in [0, 0.05) is 24.8 Å². The van der Waals surface area contributed by atoms with Gasteiger partial charge in [-0.25, -0.2) is 17.6 Å². The Labute approximate surface area is 121 Å². The quantitative estimate of drug-likeness (QED) is 0.780. The maximum atomic E-state index is 13.6. The van der Waals surface area contributed by atoms with E-state index in [1.165, 1.54) is 12.1 Å². The summed E-state index contributed by atoms with van der Waals surface area (Å²) in [6.07, 6.45) is 1.32. The lowest BCUT2D eigenvalue weighted by Crippen LogP contribution is -2.23. The minimum atomic E-state index is -3.10. The van der Waals surface area contributed by atoms with E-state index in [-0.39, 0.29) is 42.2 Å². The fourth-order valence-electron chi connectivity index (χ4n) is 1.60. The number of aromatic carboxylic acids is 1. The molecule has 0 radical (unpaired) electrons. The fraction of sp³-hybridized carbons (Fsp3) is 0.385. The summed E-state index contributed by atoms with van der Waals surface area (Å²) >= 11 is 0. The minimum absolute atomic E-state index is 0.0297. The van der Waals surface area contributed by atoms with E-state index in [9.17, 15) is 22.4 Å². The molecule has 1 rings (SSSR count). The van der Waals surface area contributed by atoms with E-state index in [1.54, 1.807) is 0 Å². The highest BCUT2D eigenvalue weighted by molar-refractivity contribution is 7.90. The van der Waals surface area contributed by atoms with Crippen LogP contribution in [0, 0.1) is 5.82 Å². The number of carbonyl (C=O) groups excluding carboxylic acids is 1. The van der Waals surface area contributed by atoms with E-state index in [1.807, 2.05) is 0 Å². The molecule has 0 saturated heterocycles. The summed E-state index contributed by atoms with van der Waals surface area (Å²) in [5.74, 6) is -2.42. The molecule has 0 heterocycles.